The number of hydrogen-bond donors (Lipinski definition) is 1. The average molecular weight is 377 g/mol. The molecular weight excluding hydrogens is 362 g/mol. The second-order valence-electron chi connectivity index (χ2n) is 6.43. The maximum absolute atomic E-state index is 13.3. The quantitative estimate of drug-likeness (QED) is 0.542. The lowest BCUT2D eigenvalue weighted by molar-refractivity contribution is 0.0977. The highest BCUT2D eigenvalue weighted by Gasteiger charge is 2.36. The van der Waals surface area contributed by atoms with Crippen molar-refractivity contribution in [2.75, 3.05) is 5.73 Å². The normalized spacial score (nSPS) is 13.2. The van der Waals surface area contributed by atoms with Crippen molar-refractivity contribution in [1.29, 1.82) is 0 Å². The maximum atomic E-state index is 13.3. The van der Waals surface area contributed by atoms with Gasteiger partial charge in [0.15, 0.2) is 11.6 Å². The van der Waals surface area contributed by atoms with E-state index in [1.807, 2.05) is 6.92 Å². The average Bonchev–Trinajstić information content (AvgIpc) is 2.66. The predicted molar refractivity (Wildman–Crippen MR) is 101 cm³/mol. The molecule has 0 bridgehead atoms. The van der Waals surface area contributed by atoms with Crippen LogP contribution in [0.25, 0.3) is 0 Å². The van der Waals surface area contributed by atoms with Crippen molar-refractivity contribution in [3.8, 4) is 0 Å². The number of benzene rings is 3. The van der Waals surface area contributed by atoms with E-state index < -0.39 is 15.6 Å². The molecule has 0 aliphatic heterocycles. The lowest BCUT2D eigenvalue weighted by Crippen LogP contribution is -2.24. The van der Waals surface area contributed by atoms with Crippen molar-refractivity contribution >= 4 is 27.1 Å². The van der Waals surface area contributed by atoms with Crippen LogP contribution in [0.5, 0.6) is 0 Å². The fourth-order valence-corrected chi connectivity index (χ4v) is 4.88. The van der Waals surface area contributed by atoms with Gasteiger partial charge in [0.25, 0.3) is 0 Å². The van der Waals surface area contributed by atoms with Crippen molar-refractivity contribution in [3.63, 3.8) is 0 Å². The Labute approximate surface area is 156 Å². The molecule has 2 N–H and O–H groups in total. The van der Waals surface area contributed by atoms with Gasteiger partial charge in [-0.2, -0.15) is 0 Å². The molecule has 1 aliphatic rings. The summed E-state index contributed by atoms with van der Waals surface area (Å²) in [4.78, 5) is 25.6. The first-order chi connectivity index (χ1) is 12.8. The fraction of sp³-hybridized carbons (Fsp3) is 0.0476. The van der Waals surface area contributed by atoms with Crippen molar-refractivity contribution in [3.05, 3.63) is 88.5 Å². The highest BCUT2D eigenvalue weighted by molar-refractivity contribution is 7.91. The van der Waals surface area contributed by atoms with Crippen LogP contribution < -0.4 is 5.73 Å². The Hall–Kier alpha value is -3.25. The molecular formula is C21H15NO4S. The van der Waals surface area contributed by atoms with Crippen LogP contribution in [-0.2, 0) is 9.84 Å². The zero-order valence-electron chi connectivity index (χ0n) is 14.4. The Kier molecular flexibility index (Phi) is 3.75. The number of nitrogen functional groups attached to an aromatic ring is 1. The zero-order chi connectivity index (χ0) is 19.3. The molecule has 0 radical (unpaired) electrons. The van der Waals surface area contributed by atoms with Crippen molar-refractivity contribution in [1.82, 2.24) is 0 Å². The first-order valence-corrected chi connectivity index (χ1v) is 9.73. The maximum Gasteiger partial charge on any atom is 0.209 e. The van der Waals surface area contributed by atoms with E-state index in [9.17, 15) is 18.0 Å². The molecule has 4 rings (SSSR count). The van der Waals surface area contributed by atoms with Gasteiger partial charge in [-0.1, -0.05) is 42.0 Å². The number of fused-ring (bicyclic) bond motifs is 2. The molecule has 0 saturated heterocycles. The fourth-order valence-electron chi connectivity index (χ4n) is 3.30. The number of nitrogens with two attached hydrogens (primary N) is 1. The van der Waals surface area contributed by atoms with Crippen LogP contribution in [-0.4, -0.2) is 20.0 Å². The molecule has 0 unspecified atom stereocenters. The number of carbonyl (C=O) groups excluding carboxylic acids is 2. The van der Waals surface area contributed by atoms with E-state index >= 15 is 0 Å². The summed E-state index contributed by atoms with van der Waals surface area (Å²) in [5.41, 5.74) is 7.17. The lowest BCUT2D eigenvalue weighted by atomic mass is 9.84. The van der Waals surface area contributed by atoms with Gasteiger partial charge in [0.1, 0.15) is 4.90 Å². The monoisotopic (exact) mass is 377 g/mol. The molecule has 0 heterocycles. The second kappa shape index (κ2) is 5.89. The van der Waals surface area contributed by atoms with E-state index in [0.29, 0.717) is 0 Å². The highest BCUT2D eigenvalue weighted by Crippen LogP contribution is 2.37. The topological polar surface area (TPSA) is 94.3 Å². The van der Waals surface area contributed by atoms with Crippen molar-refractivity contribution in [2.45, 2.75) is 16.7 Å². The number of anilines is 1. The predicted octanol–water partition coefficient (Wildman–Crippen LogP) is 3.19. The smallest absolute Gasteiger partial charge is 0.209 e. The summed E-state index contributed by atoms with van der Waals surface area (Å²) in [5.74, 6) is -0.904. The van der Waals surface area contributed by atoms with Gasteiger partial charge in [0, 0.05) is 16.7 Å². The molecule has 3 aromatic carbocycles. The molecule has 3 aromatic rings. The third kappa shape index (κ3) is 2.49. The molecule has 6 heteroatoms. The number of rotatable bonds is 2. The minimum atomic E-state index is -4.08. The van der Waals surface area contributed by atoms with Gasteiger partial charge in [-0.05, 0) is 31.2 Å². The van der Waals surface area contributed by atoms with Crippen LogP contribution in [0.2, 0.25) is 0 Å². The van der Waals surface area contributed by atoms with E-state index in [4.69, 9.17) is 5.73 Å². The summed E-state index contributed by atoms with van der Waals surface area (Å²) in [6, 6.07) is 15.4. The summed E-state index contributed by atoms with van der Waals surface area (Å²) >= 11 is 0. The van der Waals surface area contributed by atoms with E-state index in [0.717, 1.165) is 5.56 Å². The molecule has 27 heavy (non-hydrogen) atoms. The highest BCUT2D eigenvalue weighted by atomic mass is 32.2. The number of carbonyl (C=O) groups is 2. The Morgan fingerprint density at radius 1 is 0.741 bits per heavy atom. The largest absolute Gasteiger partial charge is 0.398 e. The van der Waals surface area contributed by atoms with Gasteiger partial charge in [0.05, 0.1) is 16.1 Å². The summed E-state index contributed by atoms with van der Waals surface area (Å²) < 4.78 is 26.5. The van der Waals surface area contributed by atoms with E-state index in [-0.39, 0.29) is 43.5 Å². The number of hydrogen-bond acceptors (Lipinski definition) is 5. The Morgan fingerprint density at radius 2 is 1.33 bits per heavy atom. The number of aryl methyl sites for hydroxylation is 1. The SMILES string of the molecule is Cc1ccc(S(=O)(=O)c2c(N)ccc3c2C(=O)c2ccccc2C3=O)cc1. The van der Waals surface area contributed by atoms with Crippen LogP contribution in [0.3, 0.4) is 0 Å². The van der Waals surface area contributed by atoms with Crippen LogP contribution in [0.4, 0.5) is 5.69 Å². The van der Waals surface area contributed by atoms with Crippen LogP contribution >= 0.6 is 0 Å². The number of ketones is 2. The second-order valence-corrected chi connectivity index (χ2v) is 8.31. The van der Waals surface area contributed by atoms with E-state index in [1.54, 1.807) is 30.3 Å². The van der Waals surface area contributed by atoms with Gasteiger partial charge in [-0.25, -0.2) is 8.42 Å². The molecule has 0 aromatic heterocycles. The molecule has 134 valence electrons. The van der Waals surface area contributed by atoms with Gasteiger partial charge in [0.2, 0.25) is 9.84 Å². The minimum Gasteiger partial charge on any atom is -0.398 e. The summed E-state index contributed by atoms with van der Waals surface area (Å²) in [6.45, 7) is 1.84. The molecule has 0 fully saturated rings. The molecule has 1 aliphatic carbocycles. The van der Waals surface area contributed by atoms with Gasteiger partial charge >= 0.3 is 0 Å². The summed E-state index contributed by atoms with van der Waals surface area (Å²) in [5, 5.41) is 0. The number of sulfone groups is 1. The van der Waals surface area contributed by atoms with Crippen molar-refractivity contribution < 1.29 is 18.0 Å². The first kappa shape index (κ1) is 17.2. The van der Waals surface area contributed by atoms with Gasteiger partial charge < -0.3 is 5.73 Å². The lowest BCUT2D eigenvalue weighted by Gasteiger charge is -2.21. The molecule has 0 atom stereocenters. The van der Waals surface area contributed by atoms with E-state index in [2.05, 4.69) is 0 Å². The summed E-state index contributed by atoms with van der Waals surface area (Å²) in [7, 11) is -4.08. The standard InChI is InChI=1S/C21H15NO4S/c1-12-6-8-13(9-7-12)27(25,26)21-17(22)11-10-16-18(21)20(24)15-5-3-2-4-14(15)19(16)23/h2-11H,22H2,1H3. The Bertz CT molecular complexity index is 1230. The van der Waals surface area contributed by atoms with Crippen LogP contribution in [0.1, 0.15) is 37.4 Å². The molecule has 5 nitrogen and oxygen atoms in total. The molecule has 0 amide bonds. The van der Waals surface area contributed by atoms with Crippen LogP contribution in [0, 0.1) is 6.92 Å². The minimum absolute atomic E-state index is 0.0207. The Morgan fingerprint density at radius 3 is 1.96 bits per heavy atom. The van der Waals surface area contributed by atoms with Gasteiger partial charge in [-0.15, -0.1) is 0 Å². The Balaban J connectivity index is 2.03. The van der Waals surface area contributed by atoms with Gasteiger partial charge in [-0.3, -0.25) is 9.59 Å². The van der Waals surface area contributed by atoms with E-state index in [1.165, 1.54) is 30.3 Å². The van der Waals surface area contributed by atoms with Crippen molar-refractivity contribution in [2.24, 2.45) is 0 Å². The summed E-state index contributed by atoms with van der Waals surface area (Å²) in [6.07, 6.45) is 0. The first-order valence-electron chi connectivity index (χ1n) is 8.25. The zero-order valence-corrected chi connectivity index (χ0v) is 15.2. The third-order valence-corrected chi connectivity index (χ3v) is 6.55. The molecule has 0 saturated carbocycles. The third-order valence-electron chi connectivity index (χ3n) is 4.68. The molecule has 0 spiro atoms. The van der Waals surface area contributed by atoms with Crippen LogP contribution in [0.15, 0.2) is 70.5 Å².